The molecule has 0 saturated carbocycles. The van der Waals surface area contributed by atoms with Crippen LogP contribution in [0.25, 0.3) is 250 Å². The number of hydrogen-bond donors (Lipinski definition) is 0. The lowest BCUT2D eigenvalue weighted by atomic mass is 9.94. The highest BCUT2D eigenvalue weighted by Crippen LogP contribution is 2.53. The third-order valence-electron chi connectivity index (χ3n) is 23.8. The molecule has 16 aromatic carbocycles. The summed E-state index contributed by atoms with van der Waals surface area (Å²) in [4.78, 5) is 21.9. The van der Waals surface area contributed by atoms with Crippen LogP contribution in [0.2, 0.25) is 0 Å². The highest BCUT2D eigenvalue weighted by atomic mass is 32.1. The Morgan fingerprint density at radius 3 is 1.34 bits per heavy atom. The number of fused-ring (bicyclic) bond motifs is 30. The molecule has 0 fully saturated rings. The van der Waals surface area contributed by atoms with Gasteiger partial charge in [-0.2, -0.15) is 0 Å². The van der Waals surface area contributed by atoms with E-state index in [1.807, 2.05) is 0 Å². The van der Waals surface area contributed by atoms with Crippen molar-refractivity contribution in [3.63, 3.8) is 0 Å². The van der Waals surface area contributed by atoms with Gasteiger partial charge in [0.05, 0.1) is 81.3 Å². The monoisotopic (exact) mass is 1430 g/mol. The molecule has 0 radical (unpaired) electrons. The molecule has 0 aliphatic carbocycles. The molecule has 8 nitrogen and oxygen atoms in total. The second kappa shape index (κ2) is 21.8. The Hall–Kier alpha value is -14.2. The van der Waals surface area contributed by atoms with Gasteiger partial charge in [-0.1, -0.05) is 255 Å². The van der Waals surface area contributed by atoms with Crippen molar-refractivity contribution >= 4 is 205 Å². The molecule has 10 aromatic heterocycles. The van der Waals surface area contributed by atoms with E-state index in [1.54, 1.807) is 22.7 Å². The smallest absolute Gasteiger partial charge is 0.162 e. The Bertz CT molecular complexity index is 8510. The summed E-state index contributed by atoms with van der Waals surface area (Å²) in [5, 5.41) is 22.1. The molecule has 26 rings (SSSR count). The van der Waals surface area contributed by atoms with E-state index in [-0.39, 0.29) is 0 Å². The van der Waals surface area contributed by atoms with Gasteiger partial charge in [-0.3, -0.25) is 4.57 Å². The van der Waals surface area contributed by atoms with Gasteiger partial charge in [0, 0.05) is 118 Å². The summed E-state index contributed by atoms with van der Waals surface area (Å²) in [6, 6.07) is 120. The average Bonchev–Trinajstić information content (AvgIpc) is 1.51. The van der Waals surface area contributed by atoms with Gasteiger partial charge in [-0.25, -0.2) is 19.9 Å². The second-order valence-corrected chi connectivity index (χ2v) is 31.5. The van der Waals surface area contributed by atoms with Gasteiger partial charge in [0.2, 0.25) is 0 Å². The molecule has 0 spiro atoms. The third-order valence-corrected chi connectivity index (χ3v) is 26.2. The zero-order valence-electron chi connectivity index (χ0n) is 58.6. The fourth-order valence-electron chi connectivity index (χ4n) is 19.2. The van der Waals surface area contributed by atoms with Crippen LogP contribution in [0.1, 0.15) is 0 Å². The molecule has 0 aliphatic rings. The SMILES string of the molecule is c1ccc(-c2nc(-n3c4ccccc4c4c5c6ccc7c(-c8ccc(-c9ccc(-c%10nc(-c%11ccc(-n%12c%13ccccc%13c%13c%14c%15ccc%16ccccc%16c%15n%15c%16ccccc%16c(cc%13%12)c%14%15)cc%11)nc%11c%10sc%10ccccc%10%11)cc9)cc8)cccc7c6n6c7ccccc7c(cc43)c56)c3sc4ccccc4c3n2)cc1. The summed E-state index contributed by atoms with van der Waals surface area (Å²) in [5.41, 5.74) is 23.6. The van der Waals surface area contributed by atoms with Crippen LogP contribution in [0.15, 0.2) is 328 Å². The van der Waals surface area contributed by atoms with E-state index in [9.17, 15) is 0 Å². The van der Waals surface area contributed by atoms with Gasteiger partial charge in [0.15, 0.2) is 17.5 Å². The highest BCUT2D eigenvalue weighted by molar-refractivity contribution is 7.26. The Balaban J connectivity index is 0.575. The Morgan fingerprint density at radius 1 is 0.236 bits per heavy atom. The van der Waals surface area contributed by atoms with Gasteiger partial charge in [-0.05, 0) is 106 Å². The average molecular weight is 1430 g/mol. The van der Waals surface area contributed by atoms with Crippen molar-refractivity contribution in [2.45, 2.75) is 0 Å². The Morgan fingerprint density at radius 2 is 0.691 bits per heavy atom. The molecule has 0 N–H and O–H groups in total. The van der Waals surface area contributed by atoms with Crippen molar-refractivity contribution in [1.82, 2.24) is 37.9 Å². The minimum atomic E-state index is 0.695. The molecular formula is C100H54N8S2. The van der Waals surface area contributed by atoms with Crippen molar-refractivity contribution in [1.29, 1.82) is 0 Å². The van der Waals surface area contributed by atoms with Crippen LogP contribution in [0, 0.1) is 0 Å². The number of benzene rings is 16. The standard InChI is InChI=1S/C100H54N8S2/c1-2-20-60(21-3-1)99-103-91-72-28-11-17-36-84(72)110-97(91)100(104-99)106-80-34-15-9-26-70(80)86-82(106)54-76-67-24-7-13-32-78(67)108-93-68-30-18-29-63(65(68)51-52-74(93)88(86)95(76)108)58-41-37-55(38-42-58)56-39-43-59(44-40-56)89-96-90(71-27-10-16-35-83(71)109-96)102-98(101-89)61-45-48-62(49-46-61)105-79-33-14-8-25-69(79)85-81(105)53-75-66-23-6-12-31-77(66)107-92-64-22-5-4-19-57(64)47-50-73(92)87(85)94(75)107/h1-54H. The van der Waals surface area contributed by atoms with Crippen molar-refractivity contribution in [3.8, 4) is 67.8 Å². The quantitative estimate of drug-likeness (QED) is 0.159. The van der Waals surface area contributed by atoms with Crippen LogP contribution in [-0.2, 0) is 0 Å². The molecule has 506 valence electrons. The predicted molar refractivity (Wildman–Crippen MR) is 464 cm³/mol. The van der Waals surface area contributed by atoms with Gasteiger partial charge in [-0.15, -0.1) is 22.7 Å². The number of rotatable bonds is 7. The molecule has 0 saturated heterocycles. The first-order valence-corrected chi connectivity index (χ1v) is 39.1. The maximum absolute atomic E-state index is 5.58. The number of aromatic nitrogens is 8. The van der Waals surface area contributed by atoms with Crippen LogP contribution in [0.3, 0.4) is 0 Å². The fraction of sp³-hybridized carbons (Fsp3) is 0. The molecule has 10 heteroatoms. The van der Waals surface area contributed by atoms with E-state index in [2.05, 4.69) is 346 Å². The summed E-state index contributed by atoms with van der Waals surface area (Å²) < 4.78 is 14.5. The van der Waals surface area contributed by atoms with Crippen LogP contribution in [-0.4, -0.2) is 37.9 Å². The molecule has 0 atom stereocenters. The Kier molecular flexibility index (Phi) is 11.7. The summed E-state index contributed by atoms with van der Waals surface area (Å²) in [5.74, 6) is 2.30. The topological polar surface area (TPSA) is 70.2 Å². The third kappa shape index (κ3) is 7.86. The minimum absolute atomic E-state index is 0.695. The molecule has 10 heterocycles. The van der Waals surface area contributed by atoms with Gasteiger partial charge >= 0.3 is 0 Å². The van der Waals surface area contributed by atoms with E-state index in [4.69, 9.17) is 19.9 Å². The maximum atomic E-state index is 5.58. The summed E-state index contributed by atoms with van der Waals surface area (Å²) in [6.07, 6.45) is 0. The Labute approximate surface area is 633 Å². The molecule has 0 amide bonds. The lowest BCUT2D eigenvalue weighted by molar-refractivity contribution is 1.08. The lowest BCUT2D eigenvalue weighted by Crippen LogP contribution is -2.01. The van der Waals surface area contributed by atoms with Gasteiger partial charge in [0.1, 0.15) is 0 Å². The molecule has 0 unspecified atom stereocenters. The number of hydrogen-bond acceptors (Lipinski definition) is 6. The van der Waals surface area contributed by atoms with Crippen LogP contribution < -0.4 is 0 Å². The van der Waals surface area contributed by atoms with Crippen molar-refractivity contribution in [3.05, 3.63) is 328 Å². The second-order valence-electron chi connectivity index (χ2n) is 29.4. The first kappa shape index (κ1) is 59.0. The van der Waals surface area contributed by atoms with Crippen molar-refractivity contribution in [2.75, 3.05) is 0 Å². The summed E-state index contributed by atoms with van der Waals surface area (Å²) in [7, 11) is 0. The van der Waals surface area contributed by atoms with Crippen molar-refractivity contribution in [2.24, 2.45) is 0 Å². The highest BCUT2D eigenvalue weighted by Gasteiger charge is 2.30. The minimum Gasteiger partial charge on any atom is -0.309 e. The van der Waals surface area contributed by atoms with Crippen LogP contribution >= 0.6 is 22.7 Å². The van der Waals surface area contributed by atoms with Crippen LogP contribution in [0.4, 0.5) is 0 Å². The first-order valence-electron chi connectivity index (χ1n) is 37.4. The van der Waals surface area contributed by atoms with Gasteiger partial charge < -0.3 is 13.4 Å². The summed E-state index contributed by atoms with van der Waals surface area (Å²) in [6.45, 7) is 0. The maximum Gasteiger partial charge on any atom is 0.162 e. The molecule has 0 bridgehead atoms. The normalized spacial score (nSPS) is 12.5. The number of para-hydroxylation sites is 4. The molecule has 26 aromatic rings. The molecular weight excluding hydrogens is 1380 g/mol. The molecule has 0 aliphatic heterocycles. The molecule has 110 heavy (non-hydrogen) atoms. The zero-order chi connectivity index (χ0) is 71.3. The lowest BCUT2D eigenvalue weighted by Gasteiger charge is -2.11. The largest absolute Gasteiger partial charge is 0.309 e. The van der Waals surface area contributed by atoms with E-state index in [0.717, 1.165) is 92.8 Å². The van der Waals surface area contributed by atoms with Crippen LogP contribution in [0.5, 0.6) is 0 Å². The van der Waals surface area contributed by atoms with Crippen molar-refractivity contribution < 1.29 is 0 Å². The first-order chi connectivity index (χ1) is 54.6. The van der Waals surface area contributed by atoms with Gasteiger partial charge in [0.25, 0.3) is 0 Å². The number of thiophene rings is 2. The fourth-order valence-corrected chi connectivity index (χ4v) is 21.4. The van der Waals surface area contributed by atoms with E-state index < -0.39 is 0 Å². The van der Waals surface area contributed by atoms with E-state index >= 15 is 0 Å². The summed E-state index contributed by atoms with van der Waals surface area (Å²) >= 11 is 3.53. The number of nitrogens with zero attached hydrogens (tertiary/aromatic N) is 8. The zero-order valence-corrected chi connectivity index (χ0v) is 60.2. The predicted octanol–water partition coefficient (Wildman–Crippen LogP) is 27.1. The van der Waals surface area contributed by atoms with E-state index in [0.29, 0.717) is 11.6 Å². The van der Waals surface area contributed by atoms with E-state index in [1.165, 1.54) is 145 Å².